The van der Waals surface area contributed by atoms with Crippen molar-refractivity contribution in [3.8, 4) is 0 Å². The molecule has 0 aliphatic rings. The third-order valence-electron chi connectivity index (χ3n) is 3.19. The number of hydrogen-bond donors (Lipinski definition) is 0. The highest BCUT2D eigenvalue weighted by Crippen LogP contribution is 2.17. The summed E-state index contributed by atoms with van der Waals surface area (Å²) in [5.41, 5.74) is 4.80. The Labute approximate surface area is 109 Å². The predicted octanol–water partition coefficient (Wildman–Crippen LogP) is 2.55. The van der Waals surface area contributed by atoms with Gasteiger partial charge in [0, 0.05) is 13.6 Å². The van der Waals surface area contributed by atoms with Crippen LogP contribution in [0, 0.1) is 20.8 Å². The summed E-state index contributed by atoms with van der Waals surface area (Å²) in [5, 5.41) is 0. The van der Waals surface area contributed by atoms with Crippen molar-refractivity contribution in [2.75, 3.05) is 7.05 Å². The molecular formula is C15H21NO2. The first-order valence-corrected chi connectivity index (χ1v) is 6.11. The fourth-order valence-corrected chi connectivity index (χ4v) is 1.88. The van der Waals surface area contributed by atoms with E-state index in [0.29, 0.717) is 6.54 Å². The number of Topliss-reactive ketones (excluding diaryl/α,β-unsaturated/α-hetero) is 1. The third kappa shape index (κ3) is 3.69. The number of amides is 1. The van der Waals surface area contributed by atoms with Gasteiger partial charge >= 0.3 is 0 Å². The summed E-state index contributed by atoms with van der Waals surface area (Å²) in [4.78, 5) is 24.3. The molecule has 0 N–H and O–H groups in total. The molecule has 0 aliphatic carbocycles. The smallest absolute Gasteiger partial charge is 0.230 e. The molecule has 1 amide bonds. The summed E-state index contributed by atoms with van der Waals surface area (Å²) < 4.78 is 0. The zero-order valence-corrected chi connectivity index (χ0v) is 11.8. The number of carbonyl (C=O) groups excluding carboxylic acids is 2. The number of rotatable bonds is 4. The SMILES string of the molecule is CC(=O)CC(=O)N(C)Cc1cc(C)c(C)cc1C. The minimum atomic E-state index is -0.125. The summed E-state index contributed by atoms with van der Waals surface area (Å²) >= 11 is 0. The Balaban J connectivity index is 2.81. The summed E-state index contributed by atoms with van der Waals surface area (Å²) in [7, 11) is 1.74. The van der Waals surface area contributed by atoms with Gasteiger partial charge in [0.25, 0.3) is 0 Å². The highest BCUT2D eigenvalue weighted by molar-refractivity contribution is 5.96. The average Bonchev–Trinajstić information content (AvgIpc) is 2.24. The largest absolute Gasteiger partial charge is 0.341 e. The zero-order valence-electron chi connectivity index (χ0n) is 11.8. The van der Waals surface area contributed by atoms with E-state index in [4.69, 9.17) is 0 Å². The molecule has 0 saturated heterocycles. The minimum Gasteiger partial charge on any atom is -0.341 e. The van der Waals surface area contributed by atoms with E-state index >= 15 is 0 Å². The van der Waals surface area contributed by atoms with Gasteiger partial charge in [0.05, 0.1) is 6.42 Å². The molecule has 0 saturated carbocycles. The molecule has 1 aromatic carbocycles. The van der Waals surface area contributed by atoms with Crippen LogP contribution >= 0.6 is 0 Å². The van der Waals surface area contributed by atoms with E-state index in [9.17, 15) is 9.59 Å². The van der Waals surface area contributed by atoms with Gasteiger partial charge in [-0.25, -0.2) is 0 Å². The number of ketones is 1. The van der Waals surface area contributed by atoms with Crippen molar-refractivity contribution < 1.29 is 9.59 Å². The third-order valence-corrected chi connectivity index (χ3v) is 3.19. The van der Waals surface area contributed by atoms with Crippen molar-refractivity contribution in [3.63, 3.8) is 0 Å². The van der Waals surface area contributed by atoms with Crippen molar-refractivity contribution in [1.82, 2.24) is 4.90 Å². The first-order valence-electron chi connectivity index (χ1n) is 6.11. The molecule has 0 radical (unpaired) electrons. The predicted molar refractivity (Wildman–Crippen MR) is 72.4 cm³/mol. The van der Waals surface area contributed by atoms with E-state index in [1.165, 1.54) is 23.6 Å². The molecule has 18 heavy (non-hydrogen) atoms. The Morgan fingerprint density at radius 1 is 1.06 bits per heavy atom. The van der Waals surface area contributed by atoms with Crippen LogP contribution in [0.4, 0.5) is 0 Å². The fraction of sp³-hybridized carbons (Fsp3) is 0.467. The van der Waals surface area contributed by atoms with Crippen LogP contribution in [-0.4, -0.2) is 23.6 Å². The molecule has 1 aromatic rings. The first-order chi connectivity index (χ1) is 8.31. The van der Waals surface area contributed by atoms with E-state index < -0.39 is 0 Å². The lowest BCUT2D eigenvalue weighted by molar-refractivity contribution is -0.134. The summed E-state index contributed by atoms with van der Waals surface area (Å²) in [5.74, 6) is -0.219. The van der Waals surface area contributed by atoms with Gasteiger partial charge in [0.1, 0.15) is 5.78 Å². The van der Waals surface area contributed by atoms with Crippen LogP contribution in [0.3, 0.4) is 0 Å². The standard InChI is InChI=1S/C15H21NO2/c1-10-6-12(3)14(7-11(10)2)9-16(5)15(18)8-13(4)17/h6-7H,8-9H2,1-5H3. The maximum atomic E-state index is 11.7. The van der Waals surface area contributed by atoms with Crippen LogP contribution in [0.1, 0.15) is 35.6 Å². The lowest BCUT2D eigenvalue weighted by Gasteiger charge is -2.19. The quantitative estimate of drug-likeness (QED) is 0.767. The molecule has 0 unspecified atom stereocenters. The molecule has 0 aromatic heterocycles. The van der Waals surface area contributed by atoms with Gasteiger partial charge < -0.3 is 4.90 Å². The Kier molecular flexibility index (Phi) is 4.65. The first kappa shape index (κ1) is 14.4. The van der Waals surface area contributed by atoms with Gasteiger partial charge in [0.15, 0.2) is 0 Å². The summed E-state index contributed by atoms with van der Waals surface area (Å²) in [6.07, 6.45) is -0.0135. The van der Waals surface area contributed by atoms with E-state index in [1.54, 1.807) is 11.9 Å². The van der Waals surface area contributed by atoms with Crippen LogP contribution in [0.15, 0.2) is 12.1 Å². The van der Waals surface area contributed by atoms with Gasteiger partial charge in [-0.2, -0.15) is 0 Å². The van der Waals surface area contributed by atoms with Crippen molar-refractivity contribution in [1.29, 1.82) is 0 Å². The Bertz CT molecular complexity index is 478. The van der Waals surface area contributed by atoms with Crippen LogP contribution < -0.4 is 0 Å². The summed E-state index contributed by atoms with van der Waals surface area (Å²) in [6, 6.07) is 4.25. The average molecular weight is 247 g/mol. The molecule has 0 bridgehead atoms. The van der Waals surface area contributed by atoms with Crippen LogP contribution in [0.25, 0.3) is 0 Å². The second kappa shape index (κ2) is 5.80. The van der Waals surface area contributed by atoms with Crippen LogP contribution in [0.5, 0.6) is 0 Å². The number of aryl methyl sites for hydroxylation is 3. The van der Waals surface area contributed by atoms with E-state index in [-0.39, 0.29) is 18.1 Å². The number of carbonyl (C=O) groups is 2. The van der Waals surface area contributed by atoms with E-state index in [2.05, 4.69) is 26.0 Å². The second-order valence-electron chi connectivity index (χ2n) is 4.99. The molecule has 3 nitrogen and oxygen atoms in total. The molecule has 0 atom stereocenters. The van der Waals surface area contributed by atoms with Crippen molar-refractivity contribution >= 4 is 11.7 Å². The number of benzene rings is 1. The van der Waals surface area contributed by atoms with Crippen molar-refractivity contribution in [3.05, 3.63) is 34.4 Å². The normalized spacial score (nSPS) is 10.3. The molecule has 0 fully saturated rings. The highest BCUT2D eigenvalue weighted by atomic mass is 16.2. The minimum absolute atomic E-state index is 0.0135. The monoisotopic (exact) mass is 247 g/mol. The Morgan fingerprint density at radius 2 is 1.61 bits per heavy atom. The number of nitrogens with zero attached hydrogens (tertiary/aromatic N) is 1. The fourth-order valence-electron chi connectivity index (χ4n) is 1.88. The van der Waals surface area contributed by atoms with Gasteiger partial charge in [-0.05, 0) is 49.9 Å². The highest BCUT2D eigenvalue weighted by Gasteiger charge is 2.12. The molecule has 0 heterocycles. The zero-order chi connectivity index (χ0) is 13.9. The second-order valence-corrected chi connectivity index (χ2v) is 4.99. The summed E-state index contributed by atoms with van der Waals surface area (Å²) in [6.45, 7) is 8.18. The number of hydrogen-bond acceptors (Lipinski definition) is 2. The molecule has 98 valence electrons. The van der Waals surface area contributed by atoms with Gasteiger partial charge in [-0.15, -0.1) is 0 Å². The van der Waals surface area contributed by atoms with Gasteiger partial charge in [-0.3, -0.25) is 9.59 Å². The lowest BCUT2D eigenvalue weighted by atomic mass is 10.0. The maximum absolute atomic E-state index is 11.7. The molecular weight excluding hydrogens is 226 g/mol. The van der Waals surface area contributed by atoms with Crippen molar-refractivity contribution in [2.24, 2.45) is 0 Å². The molecule has 0 aliphatic heterocycles. The molecule has 3 heteroatoms. The maximum Gasteiger partial charge on any atom is 0.230 e. The van der Waals surface area contributed by atoms with Crippen molar-refractivity contribution in [2.45, 2.75) is 40.7 Å². The Hall–Kier alpha value is -1.64. The van der Waals surface area contributed by atoms with Gasteiger partial charge in [0.2, 0.25) is 5.91 Å². The molecule has 1 rings (SSSR count). The van der Waals surface area contributed by atoms with E-state index in [1.807, 2.05) is 6.92 Å². The topological polar surface area (TPSA) is 37.4 Å². The molecule has 0 spiro atoms. The Morgan fingerprint density at radius 3 is 2.17 bits per heavy atom. The van der Waals surface area contributed by atoms with Gasteiger partial charge in [-0.1, -0.05) is 12.1 Å². The van der Waals surface area contributed by atoms with Crippen LogP contribution in [0.2, 0.25) is 0 Å². The van der Waals surface area contributed by atoms with E-state index in [0.717, 1.165) is 5.56 Å². The lowest BCUT2D eigenvalue weighted by Crippen LogP contribution is -2.27. The van der Waals surface area contributed by atoms with Crippen LogP contribution in [-0.2, 0) is 16.1 Å².